The van der Waals surface area contributed by atoms with Gasteiger partial charge in [0.25, 0.3) is 0 Å². The number of piperazine rings is 1. The van der Waals surface area contributed by atoms with Gasteiger partial charge in [-0.25, -0.2) is 4.98 Å². The Morgan fingerprint density at radius 1 is 1.11 bits per heavy atom. The first-order valence-corrected chi connectivity index (χ1v) is 9.50. The van der Waals surface area contributed by atoms with Gasteiger partial charge in [0.1, 0.15) is 5.82 Å². The Morgan fingerprint density at radius 3 is 2.43 bits per heavy atom. The number of anilines is 2. The lowest BCUT2D eigenvalue weighted by atomic mass is 10.2. The quantitative estimate of drug-likeness (QED) is 0.788. The summed E-state index contributed by atoms with van der Waals surface area (Å²) in [6.45, 7) is 2.62. The maximum atomic E-state index is 12.3. The SMILES string of the molecule is COc1cc2nc(N3CCN(C(=O)/C=C/C4CC4)CC3)nc(N)c2cc1OC. The summed E-state index contributed by atoms with van der Waals surface area (Å²) in [4.78, 5) is 25.3. The maximum absolute atomic E-state index is 12.3. The molecule has 0 atom stereocenters. The number of rotatable bonds is 5. The summed E-state index contributed by atoms with van der Waals surface area (Å²) in [5, 5.41) is 0.723. The van der Waals surface area contributed by atoms with Gasteiger partial charge in [-0.15, -0.1) is 0 Å². The van der Waals surface area contributed by atoms with Gasteiger partial charge in [0.05, 0.1) is 19.7 Å². The van der Waals surface area contributed by atoms with Gasteiger partial charge in [0, 0.05) is 37.6 Å². The highest BCUT2D eigenvalue weighted by atomic mass is 16.5. The number of carbonyl (C=O) groups excluding carboxylic acids is 1. The second-order valence-electron chi connectivity index (χ2n) is 7.14. The average Bonchev–Trinajstić information content (AvgIpc) is 3.55. The molecule has 1 aliphatic heterocycles. The number of nitrogen functional groups attached to an aromatic ring is 1. The van der Waals surface area contributed by atoms with E-state index in [4.69, 9.17) is 15.2 Å². The molecule has 28 heavy (non-hydrogen) atoms. The van der Waals surface area contributed by atoms with Gasteiger partial charge in [-0.2, -0.15) is 4.98 Å². The number of methoxy groups -OCH3 is 2. The van der Waals surface area contributed by atoms with E-state index in [0.29, 0.717) is 60.9 Å². The van der Waals surface area contributed by atoms with Crippen LogP contribution in [0.4, 0.5) is 11.8 Å². The number of carbonyl (C=O) groups is 1. The zero-order valence-corrected chi connectivity index (χ0v) is 16.2. The zero-order chi connectivity index (χ0) is 19.7. The van der Waals surface area contributed by atoms with Crippen molar-refractivity contribution in [3.8, 4) is 11.5 Å². The van der Waals surface area contributed by atoms with Crippen molar-refractivity contribution in [3.05, 3.63) is 24.3 Å². The summed E-state index contributed by atoms with van der Waals surface area (Å²) in [6, 6.07) is 3.59. The molecule has 1 amide bonds. The summed E-state index contributed by atoms with van der Waals surface area (Å²) in [6.07, 6.45) is 6.16. The van der Waals surface area contributed by atoms with E-state index >= 15 is 0 Å². The van der Waals surface area contributed by atoms with Gasteiger partial charge >= 0.3 is 0 Å². The third-order valence-electron chi connectivity index (χ3n) is 5.23. The van der Waals surface area contributed by atoms with Crippen molar-refractivity contribution in [2.75, 3.05) is 51.0 Å². The van der Waals surface area contributed by atoms with E-state index in [1.807, 2.05) is 11.0 Å². The van der Waals surface area contributed by atoms with Gasteiger partial charge in [-0.3, -0.25) is 4.79 Å². The molecule has 1 aromatic carbocycles. The van der Waals surface area contributed by atoms with Gasteiger partial charge in [0.15, 0.2) is 11.5 Å². The van der Waals surface area contributed by atoms with Crippen molar-refractivity contribution in [2.45, 2.75) is 12.8 Å². The number of nitrogens with zero attached hydrogens (tertiary/aromatic N) is 4. The lowest BCUT2D eigenvalue weighted by Crippen LogP contribution is -2.48. The van der Waals surface area contributed by atoms with Crippen molar-refractivity contribution in [2.24, 2.45) is 5.92 Å². The first-order chi connectivity index (χ1) is 13.6. The number of hydrogen-bond acceptors (Lipinski definition) is 7. The summed E-state index contributed by atoms with van der Waals surface area (Å²) < 4.78 is 10.7. The lowest BCUT2D eigenvalue weighted by molar-refractivity contribution is -0.126. The molecule has 4 rings (SSSR count). The van der Waals surface area contributed by atoms with Crippen LogP contribution in [-0.2, 0) is 4.79 Å². The molecule has 1 aromatic heterocycles. The Labute approximate surface area is 163 Å². The second-order valence-corrected chi connectivity index (χ2v) is 7.14. The molecule has 2 N–H and O–H groups in total. The molecule has 0 unspecified atom stereocenters. The van der Waals surface area contributed by atoms with E-state index in [-0.39, 0.29) is 5.91 Å². The van der Waals surface area contributed by atoms with Crippen LogP contribution in [0.15, 0.2) is 24.3 Å². The third-order valence-corrected chi connectivity index (χ3v) is 5.23. The number of aromatic nitrogens is 2. The van der Waals surface area contributed by atoms with Crippen molar-refractivity contribution in [3.63, 3.8) is 0 Å². The zero-order valence-electron chi connectivity index (χ0n) is 16.2. The molecule has 2 heterocycles. The summed E-state index contributed by atoms with van der Waals surface area (Å²) in [7, 11) is 3.17. The Balaban J connectivity index is 1.50. The number of hydrogen-bond donors (Lipinski definition) is 1. The topological polar surface area (TPSA) is 93.8 Å². The van der Waals surface area contributed by atoms with Crippen LogP contribution in [0, 0.1) is 5.92 Å². The van der Waals surface area contributed by atoms with Crippen LogP contribution >= 0.6 is 0 Å². The number of allylic oxidation sites excluding steroid dienone is 1. The second kappa shape index (κ2) is 7.53. The van der Waals surface area contributed by atoms with Crippen LogP contribution in [0.1, 0.15) is 12.8 Å². The fourth-order valence-corrected chi connectivity index (χ4v) is 3.35. The number of nitrogens with two attached hydrogens (primary N) is 1. The van der Waals surface area contributed by atoms with Crippen molar-refractivity contribution in [1.82, 2.24) is 14.9 Å². The molecule has 2 fully saturated rings. The molecule has 0 radical (unpaired) electrons. The largest absolute Gasteiger partial charge is 0.493 e. The van der Waals surface area contributed by atoms with E-state index in [2.05, 4.69) is 14.9 Å². The molecule has 0 bridgehead atoms. The number of benzene rings is 1. The van der Waals surface area contributed by atoms with Gasteiger partial charge in [0.2, 0.25) is 11.9 Å². The van der Waals surface area contributed by atoms with Crippen LogP contribution in [0.25, 0.3) is 10.9 Å². The van der Waals surface area contributed by atoms with E-state index in [1.54, 1.807) is 32.4 Å². The van der Waals surface area contributed by atoms with E-state index in [1.165, 1.54) is 12.8 Å². The highest BCUT2D eigenvalue weighted by Gasteiger charge is 2.24. The standard InChI is InChI=1S/C20H25N5O3/c1-27-16-11-14-15(12-17(16)28-2)22-20(23-19(14)21)25-9-7-24(8-10-25)18(26)6-5-13-3-4-13/h5-6,11-13H,3-4,7-10H2,1-2H3,(H2,21,22,23)/b6-5+. The Kier molecular flexibility index (Phi) is 4.93. The smallest absolute Gasteiger partial charge is 0.246 e. The fourth-order valence-electron chi connectivity index (χ4n) is 3.35. The predicted octanol–water partition coefficient (Wildman–Crippen LogP) is 1.84. The Morgan fingerprint density at radius 2 is 1.79 bits per heavy atom. The average molecular weight is 383 g/mol. The normalized spacial score (nSPS) is 17.4. The van der Waals surface area contributed by atoms with Crippen molar-refractivity contribution in [1.29, 1.82) is 0 Å². The lowest BCUT2D eigenvalue weighted by Gasteiger charge is -2.34. The molecule has 8 nitrogen and oxygen atoms in total. The van der Waals surface area contributed by atoms with Crippen LogP contribution in [0.5, 0.6) is 11.5 Å². The highest BCUT2D eigenvalue weighted by molar-refractivity contribution is 5.92. The molecule has 1 saturated heterocycles. The first-order valence-electron chi connectivity index (χ1n) is 9.50. The predicted molar refractivity (Wildman–Crippen MR) is 108 cm³/mol. The number of fused-ring (bicyclic) bond motifs is 1. The van der Waals surface area contributed by atoms with Crippen LogP contribution < -0.4 is 20.1 Å². The third kappa shape index (κ3) is 3.67. The molecular weight excluding hydrogens is 358 g/mol. The minimum atomic E-state index is 0.0855. The van der Waals surface area contributed by atoms with E-state index in [0.717, 1.165) is 5.39 Å². The summed E-state index contributed by atoms with van der Waals surface area (Å²) in [5.74, 6) is 2.84. The van der Waals surface area contributed by atoms with E-state index < -0.39 is 0 Å². The highest BCUT2D eigenvalue weighted by Crippen LogP contribution is 2.34. The molecular formula is C20H25N5O3. The van der Waals surface area contributed by atoms with Crippen LogP contribution in [0.2, 0.25) is 0 Å². The van der Waals surface area contributed by atoms with Crippen LogP contribution in [0.3, 0.4) is 0 Å². The van der Waals surface area contributed by atoms with Crippen LogP contribution in [-0.4, -0.2) is 61.2 Å². The molecule has 0 spiro atoms. The minimum absolute atomic E-state index is 0.0855. The van der Waals surface area contributed by atoms with Crippen molar-refractivity contribution >= 4 is 28.6 Å². The molecule has 2 aromatic rings. The van der Waals surface area contributed by atoms with E-state index in [9.17, 15) is 4.79 Å². The molecule has 1 aliphatic carbocycles. The monoisotopic (exact) mass is 383 g/mol. The molecule has 8 heteroatoms. The Hall–Kier alpha value is -3.03. The first kappa shape index (κ1) is 18.3. The maximum Gasteiger partial charge on any atom is 0.246 e. The molecule has 1 saturated carbocycles. The van der Waals surface area contributed by atoms with Gasteiger partial charge in [-0.1, -0.05) is 6.08 Å². The fraction of sp³-hybridized carbons (Fsp3) is 0.450. The molecule has 148 valence electrons. The van der Waals surface area contributed by atoms with Crippen molar-refractivity contribution < 1.29 is 14.3 Å². The summed E-state index contributed by atoms with van der Waals surface area (Å²) >= 11 is 0. The minimum Gasteiger partial charge on any atom is -0.493 e. The number of ether oxygens (including phenoxy) is 2. The molecule has 2 aliphatic rings. The number of amides is 1. The van der Waals surface area contributed by atoms with Gasteiger partial charge in [-0.05, 0) is 30.9 Å². The summed E-state index contributed by atoms with van der Waals surface area (Å²) in [5.41, 5.74) is 6.88. The van der Waals surface area contributed by atoms with Gasteiger partial charge < -0.3 is 25.0 Å². The Bertz CT molecular complexity index is 918.